The highest BCUT2D eigenvalue weighted by atomic mass is 19.4. The topological polar surface area (TPSA) is 94.2 Å². The molecule has 140 valence electrons. The van der Waals surface area contributed by atoms with Gasteiger partial charge in [0.2, 0.25) is 5.82 Å². The second-order valence-electron chi connectivity index (χ2n) is 5.66. The Labute approximate surface area is 152 Å². The van der Waals surface area contributed by atoms with Crippen LogP contribution >= 0.6 is 0 Å². The van der Waals surface area contributed by atoms with E-state index in [1.54, 1.807) is 24.3 Å². The molecule has 1 aromatic heterocycles. The third-order valence-corrected chi connectivity index (χ3v) is 3.77. The molecule has 0 radical (unpaired) electrons. The maximum Gasteiger partial charge on any atom is 0.471 e. The molecule has 0 amide bonds. The molecule has 0 saturated carbocycles. The summed E-state index contributed by atoms with van der Waals surface area (Å²) < 4.78 is 41.9. The predicted molar refractivity (Wildman–Crippen MR) is 93.1 cm³/mol. The number of hydrazine groups is 1. The summed E-state index contributed by atoms with van der Waals surface area (Å²) in [5.74, 6) is 4.60. The standard InChI is InChI=1S/C18H16F3N5O/c19-18(20,21)17-24-16(25-27-17)14-8-6-12(7-9-14)11-26(23)15(10-22)13-4-2-1-3-5-13/h1-10H,11,22-23H2/b15-10-. The van der Waals surface area contributed by atoms with Crippen LogP contribution in [0.25, 0.3) is 17.1 Å². The molecule has 3 rings (SSSR count). The first-order valence-corrected chi connectivity index (χ1v) is 7.88. The second-order valence-corrected chi connectivity index (χ2v) is 5.66. The third-order valence-electron chi connectivity index (χ3n) is 3.77. The zero-order valence-electron chi connectivity index (χ0n) is 14.0. The average Bonchev–Trinajstić information content (AvgIpc) is 3.14. The van der Waals surface area contributed by atoms with Crippen molar-refractivity contribution in [2.24, 2.45) is 11.6 Å². The number of alkyl halides is 3. The van der Waals surface area contributed by atoms with E-state index < -0.39 is 12.1 Å². The highest BCUT2D eigenvalue weighted by Gasteiger charge is 2.38. The highest BCUT2D eigenvalue weighted by Crippen LogP contribution is 2.29. The molecule has 4 N–H and O–H groups in total. The van der Waals surface area contributed by atoms with E-state index in [1.165, 1.54) is 11.2 Å². The molecule has 6 nitrogen and oxygen atoms in total. The van der Waals surface area contributed by atoms with Crippen molar-refractivity contribution in [2.45, 2.75) is 12.7 Å². The van der Waals surface area contributed by atoms with Gasteiger partial charge in [-0.25, -0.2) is 5.84 Å². The molecule has 0 aliphatic rings. The largest absolute Gasteiger partial charge is 0.471 e. The van der Waals surface area contributed by atoms with Gasteiger partial charge in [-0.3, -0.25) is 0 Å². The van der Waals surface area contributed by atoms with E-state index >= 15 is 0 Å². The lowest BCUT2D eigenvalue weighted by atomic mass is 10.1. The summed E-state index contributed by atoms with van der Waals surface area (Å²) in [5, 5.41) is 4.84. The molecule has 0 saturated heterocycles. The lowest BCUT2D eigenvalue weighted by molar-refractivity contribution is -0.159. The number of hydrogen-bond acceptors (Lipinski definition) is 6. The smallest absolute Gasteiger partial charge is 0.403 e. The molecule has 0 fully saturated rings. The number of hydrogen-bond donors (Lipinski definition) is 2. The minimum Gasteiger partial charge on any atom is -0.403 e. The molecule has 0 aliphatic heterocycles. The van der Waals surface area contributed by atoms with Crippen LogP contribution in [0.1, 0.15) is 17.0 Å². The summed E-state index contributed by atoms with van der Waals surface area (Å²) in [6.07, 6.45) is -3.25. The van der Waals surface area contributed by atoms with Crippen molar-refractivity contribution < 1.29 is 17.7 Å². The van der Waals surface area contributed by atoms with Crippen LogP contribution in [0.4, 0.5) is 13.2 Å². The SMILES string of the molecule is N/C=C(/c1ccccc1)N(N)Cc1ccc(-c2noc(C(F)(F)F)n2)cc1. The highest BCUT2D eigenvalue weighted by molar-refractivity contribution is 5.63. The van der Waals surface area contributed by atoms with Gasteiger partial charge >= 0.3 is 12.1 Å². The van der Waals surface area contributed by atoms with Gasteiger partial charge in [-0.2, -0.15) is 18.2 Å². The monoisotopic (exact) mass is 375 g/mol. The van der Waals surface area contributed by atoms with Gasteiger partial charge in [-0.15, -0.1) is 0 Å². The number of rotatable bonds is 5. The maximum absolute atomic E-state index is 12.5. The number of nitrogens with two attached hydrogens (primary N) is 2. The van der Waals surface area contributed by atoms with Crippen molar-refractivity contribution in [2.75, 3.05) is 0 Å². The first-order valence-electron chi connectivity index (χ1n) is 7.88. The van der Waals surface area contributed by atoms with E-state index in [1.807, 2.05) is 30.3 Å². The summed E-state index contributed by atoms with van der Waals surface area (Å²) in [5.41, 5.74) is 8.44. The zero-order chi connectivity index (χ0) is 19.4. The van der Waals surface area contributed by atoms with Crippen molar-refractivity contribution in [3.8, 4) is 11.4 Å². The fourth-order valence-corrected chi connectivity index (χ4v) is 2.46. The summed E-state index contributed by atoms with van der Waals surface area (Å²) in [7, 11) is 0. The van der Waals surface area contributed by atoms with Gasteiger partial charge in [-0.1, -0.05) is 59.8 Å². The van der Waals surface area contributed by atoms with Crippen LogP contribution in [0.5, 0.6) is 0 Å². The van der Waals surface area contributed by atoms with Gasteiger partial charge in [0.15, 0.2) is 0 Å². The summed E-state index contributed by atoms with van der Waals surface area (Å²) in [6, 6.07) is 16.1. The van der Waals surface area contributed by atoms with Crippen LogP contribution in [0.2, 0.25) is 0 Å². The van der Waals surface area contributed by atoms with Crippen molar-refractivity contribution >= 4 is 5.70 Å². The van der Waals surface area contributed by atoms with Crippen LogP contribution in [-0.2, 0) is 12.7 Å². The van der Waals surface area contributed by atoms with Gasteiger partial charge < -0.3 is 15.3 Å². The Hall–Kier alpha value is -3.33. The van der Waals surface area contributed by atoms with E-state index in [2.05, 4.69) is 14.7 Å². The van der Waals surface area contributed by atoms with E-state index in [4.69, 9.17) is 11.6 Å². The second kappa shape index (κ2) is 7.50. The van der Waals surface area contributed by atoms with Crippen LogP contribution in [0.3, 0.4) is 0 Å². The maximum atomic E-state index is 12.5. The van der Waals surface area contributed by atoms with Gasteiger partial charge in [0.05, 0.1) is 12.2 Å². The normalized spacial score (nSPS) is 12.2. The Morgan fingerprint density at radius 3 is 2.30 bits per heavy atom. The van der Waals surface area contributed by atoms with Crippen LogP contribution in [0, 0.1) is 0 Å². The quantitative estimate of drug-likeness (QED) is 0.524. The lowest BCUT2D eigenvalue weighted by Crippen LogP contribution is -2.29. The fourth-order valence-electron chi connectivity index (χ4n) is 2.46. The number of aromatic nitrogens is 2. The summed E-state index contributed by atoms with van der Waals surface area (Å²) in [6.45, 7) is 0.345. The first-order chi connectivity index (χ1) is 12.9. The molecule has 1 heterocycles. The Balaban J connectivity index is 1.73. The van der Waals surface area contributed by atoms with E-state index in [-0.39, 0.29) is 5.82 Å². The van der Waals surface area contributed by atoms with E-state index in [0.717, 1.165) is 11.1 Å². The Bertz CT molecular complexity index is 920. The molecule has 0 atom stereocenters. The molecule has 0 spiro atoms. The third kappa shape index (κ3) is 4.26. The van der Waals surface area contributed by atoms with Crippen LogP contribution in [0.15, 0.2) is 65.3 Å². The molecule has 0 bridgehead atoms. The van der Waals surface area contributed by atoms with Gasteiger partial charge in [0.1, 0.15) is 0 Å². The minimum atomic E-state index is -4.67. The molecule has 0 unspecified atom stereocenters. The molecule has 27 heavy (non-hydrogen) atoms. The lowest BCUT2D eigenvalue weighted by Gasteiger charge is -2.22. The first kappa shape index (κ1) is 18.5. The summed E-state index contributed by atoms with van der Waals surface area (Å²) in [4.78, 5) is 3.36. The number of halogens is 3. The van der Waals surface area contributed by atoms with Crippen molar-refractivity contribution in [3.63, 3.8) is 0 Å². The number of nitrogens with zero attached hydrogens (tertiary/aromatic N) is 3. The number of benzene rings is 2. The Morgan fingerprint density at radius 1 is 1.07 bits per heavy atom. The molecular weight excluding hydrogens is 359 g/mol. The van der Waals surface area contributed by atoms with Gasteiger partial charge in [-0.05, 0) is 5.56 Å². The Kier molecular flexibility index (Phi) is 5.13. The average molecular weight is 375 g/mol. The van der Waals surface area contributed by atoms with Crippen molar-refractivity contribution in [1.29, 1.82) is 0 Å². The molecule has 0 aliphatic carbocycles. The molecule has 9 heteroatoms. The van der Waals surface area contributed by atoms with Crippen molar-refractivity contribution in [1.82, 2.24) is 15.1 Å². The van der Waals surface area contributed by atoms with Crippen LogP contribution < -0.4 is 11.6 Å². The molecular formula is C18H16F3N5O. The fraction of sp³-hybridized carbons (Fsp3) is 0.111. The van der Waals surface area contributed by atoms with Gasteiger partial charge in [0.25, 0.3) is 0 Å². The van der Waals surface area contributed by atoms with Crippen molar-refractivity contribution in [3.05, 3.63) is 77.8 Å². The van der Waals surface area contributed by atoms with Crippen LogP contribution in [-0.4, -0.2) is 15.1 Å². The van der Waals surface area contributed by atoms with Gasteiger partial charge in [0, 0.05) is 17.3 Å². The summed E-state index contributed by atoms with van der Waals surface area (Å²) >= 11 is 0. The molecule has 2 aromatic carbocycles. The predicted octanol–water partition coefficient (Wildman–Crippen LogP) is 3.39. The molecule has 3 aromatic rings. The Morgan fingerprint density at radius 2 is 1.74 bits per heavy atom. The van der Waals surface area contributed by atoms with E-state index in [0.29, 0.717) is 17.8 Å². The zero-order valence-corrected chi connectivity index (χ0v) is 14.0. The van der Waals surface area contributed by atoms with E-state index in [9.17, 15) is 13.2 Å². The minimum absolute atomic E-state index is 0.134.